The summed E-state index contributed by atoms with van der Waals surface area (Å²) in [5.41, 5.74) is 4.11. The number of carbonyl (C=O) groups is 1. The number of rotatable bonds is 3. The number of Topliss-reactive ketones (excluding diaryl/α,β-unsaturated/α-hetero) is 1. The Morgan fingerprint density at radius 2 is 1.63 bits per heavy atom. The summed E-state index contributed by atoms with van der Waals surface area (Å²) < 4.78 is 1.87. The molecule has 0 fully saturated rings. The van der Waals surface area contributed by atoms with E-state index in [4.69, 9.17) is 0 Å². The van der Waals surface area contributed by atoms with Crippen LogP contribution in [0, 0.1) is 13.8 Å². The molecular formula is C15H17N3O. The lowest BCUT2D eigenvalue weighted by molar-refractivity contribution is 0.101. The van der Waals surface area contributed by atoms with E-state index in [2.05, 4.69) is 10.1 Å². The highest BCUT2D eigenvalue weighted by molar-refractivity contribution is 5.99. The lowest BCUT2D eigenvalue weighted by Crippen LogP contribution is -2.07. The average molecular weight is 255 g/mol. The van der Waals surface area contributed by atoms with Gasteiger partial charge in [-0.25, -0.2) is 9.66 Å². The molecule has 2 rings (SSSR count). The highest BCUT2D eigenvalue weighted by Gasteiger charge is 2.06. The molecule has 0 spiro atoms. The van der Waals surface area contributed by atoms with E-state index in [0.717, 1.165) is 22.8 Å². The van der Waals surface area contributed by atoms with Crippen molar-refractivity contribution in [2.75, 3.05) is 0 Å². The molecule has 4 heteroatoms. The van der Waals surface area contributed by atoms with E-state index in [9.17, 15) is 4.79 Å². The van der Waals surface area contributed by atoms with Gasteiger partial charge in [0.25, 0.3) is 0 Å². The van der Waals surface area contributed by atoms with Gasteiger partial charge in [0.15, 0.2) is 5.78 Å². The van der Waals surface area contributed by atoms with Crippen LogP contribution in [0.3, 0.4) is 0 Å². The van der Waals surface area contributed by atoms with Gasteiger partial charge in [0, 0.05) is 18.3 Å². The molecular weight excluding hydrogens is 238 g/mol. The molecule has 2 aromatic heterocycles. The largest absolute Gasteiger partial charge is 0.293 e. The van der Waals surface area contributed by atoms with Gasteiger partial charge in [-0.2, -0.15) is 5.10 Å². The molecule has 0 radical (unpaired) electrons. The number of aromatic nitrogens is 2. The predicted molar refractivity (Wildman–Crippen MR) is 75.8 cm³/mol. The van der Waals surface area contributed by atoms with Crippen molar-refractivity contribution in [3.63, 3.8) is 0 Å². The third kappa shape index (κ3) is 2.78. The summed E-state index contributed by atoms with van der Waals surface area (Å²) in [6.45, 7) is 7.41. The molecule has 2 heterocycles. The van der Waals surface area contributed by atoms with E-state index in [-0.39, 0.29) is 5.78 Å². The fraction of sp³-hybridized carbons (Fsp3) is 0.267. The second-order valence-electron chi connectivity index (χ2n) is 4.58. The van der Waals surface area contributed by atoms with Gasteiger partial charge in [0.1, 0.15) is 5.69 Å². The molecule has 0 aliphatic heterocycles. The van der Waals surface area contributed by atoms with E-state index >= 15 is 0 Å². The number of aryl methyl sites for hydroxylation is 2. The molecule has 0 aromatic carbocycles. The van der Waals surface area contributed by atoms with Gasteiger partial charge in [0.05, 0.1) is 11.4 Å². The summed E-state index contributed by atoms with van der Waals surface area (Å²) in [6.07, 6.45) is 0. The summed E-state index contributed by atoms with van der Waals surface area (Å²) in [6, 6.07) is 9.44. The number of pyridine rings is 1. The Balaban J connectivity index is 2.42. The van der Waals surface area contributed by atoms with Crippen LogP contribution in [0.4, 0.5) is 0 Å². The molecule has 4 nitrogen and oxygen atoms in total. The van der Waals surface area contributed by atoms with Gasteiger partial charge in [-0.15, -0.1) is 0 Å². The molecule has 0 saturated carbocycles. The first-order valence-corrected chi connectivity index (χ1v) is 6.18. The molecule has 0 N–H and O–H groups in total. The van der Waals surface area contributed by atoms with Crippen LogP contribution in [0.15, 0.2) is 35.4 Å². The molecule has 0 amide bonds. The minimum absolute atomic E-state index is 0.0389. The van der Waals surface area contributed by atoms with Gasteiger partial charge in [0.2, 0.25) is 0 Å². The second kappa shape index (κ2) is 5.18. The van der Waals surface area contributed by atoms with Crippen molar-refractivity contribution < 1.29 is 4.79 Å². The maximum Gasteiger partial charge on any atom is 0.178 e. The summed E-state index contributed by atoms with van der Waals surface area (Å²) in [7, 11) is 0. The maximum absolute atomic E-state index is 11.3. The third-order valence-electron chi connectivity index (χ3n) is 2.96. The fourth-order valence-corrected chi connectivity index (χ4v) is 1.85. The second-order valence-corrected chi connectivity index (χ2v) is 4.58. The highest BCUT2D eigenvalue weighted by Crippen LogP contribution is 2.09. The van der Waals surface area contributed by atoms with Crippen molar-refractivity contribution in [2.45, 2.75) is 27.7 Å². The smallest absolute Gasteiger partial charge is 0.178 e. The van der Waals surface area contributed by atoms with E-state index in [1.54, 1.807) is 6.07 Å². The predicted octanol–water partition coefficient (Wildman–Crippen LogP) is 2.97. The van der Waals surface area contributed by atoms with Crippen LogP contribution >= 0.6 is 0 Å². The zero-order valence-electron chi connectivity index (χ0n) is 11.6. The van der Waals surface area contributed by atoms with Crippen LogP contribution in [-0.2, 0) is 0 Å². The summed E-state index contributed by atoms with van der Waals surface area (Å²) in [5.74, 6) is -0.0389. The lowest BCUT2D eigenvalue weighted by atomic mass is 10.2. The van der Waals surface area contributed by atoms with Crippen LogP contribution < -0.4 is 0 Å². The van der Waals surface area contributed by atoms with Crippen molar-refractivity contribution in [3.05, 3.63) is 53.1 Å². The fourth-order valence-electron chi connectivity index (χ4n) is 1.85. The summed E-state index contributed by atoms with van der Waals surface area (Å²) in [5, 5.41) is 4.55. The molecule has 0 saturated heterocycles. The monoisotopic (exact) mass is 255 g/mol. The van der Waals surface area contributed by atoms with Crippen molar-refractivity contribution in [2.24, 2.45) is 5.10 Å². The zero-order valence-corrected chi connectivity index (χ0v) is 11.6. The Morgan fingerprint density at radius 1 is 1.05 bits per heavy atom. The topological polar surface area (TPSA) is 47.2 Å². The first-order chi connectivity index (χ1) is 8.99. The molecule has 19 heavy (non-hydrogen) atoms. The number of nitrogens with zero attached hydrogens (tertiary/aromatic N) is 3. The average Bonchev–Trinajstić information content (AvgIpc) is 2.70. The molecule has 0 aliphatic rings. The maximum atomic E-state index is 11.3. The van der Waals surface area contributed by atoms with Crippen LogP contribution in [0.2, 0.25) is 0 Å². The van der Waals surface area contributed by atoms with Gasteiger partial charge >= 0.3 is 0 Å². The van der Waals surface area contributed by atoms with Crippen molar-refractivity contribution >= 4 is 11.5 Å². The Morgan fingerprint density at radius 3 is 2.21 bits per heavy atom. The first-order valence-electron chi connectivity index (χ1n) is 6.18. The number of hydrogen-bond donors (Lipinski definition) is 0. The quantitative estimate of drug-likeness (QED) is 0.625. The van der Waals surface area contributed by atoms with E-state index in [1.165, 1.54) is 6.92 Å². The van der Waals surface area contributed by atoms with Gasteiger partial charge in [-0.1, -0.05) is 6.07 Å². The van der Waals surface area contributed by atoms with E-state index in [1.807, 2.05) is 49.7 Å². The van der Waals surface area contributed by atoms with Gasteiger partial charge in [-0.3, -0.25) is 4.79 Å². The number of hydrogen-bond acceptors (Lipinski definition) is 3. The van der Waals surface area contributed by atoms with Crippen molar-refractivity contribution in [1.29, 1.82) is 0 Å². The molecule has 0 aliphatic carbocycles. The van der Waals surface area contributed by atoms with Crippen molar-refractivity contribution in [1.82, 2.24) is 9.66 Å². The Bertz CT molecular complexity index is 634. The summed E-state index contributed by atoms with van der Waals surface area (Å²) >= 11 is 0. The Kier molecular flexibility index (Phi) is 3.60. The molecule has 2 aromatic rings. The highest BCUT2D eigenvalue weighted by atomic mass is 16.1. The molecule has 98 valence electrons. The first kappa shape index (κ1) is 13.2. The minimum Gasteiger partial charge on any atom is -0.293 e. The van der Waals surface area contributed by atoms with Gasteiger partial charge < -0.3 is 0 Å². The molecule has 0 unspecified atom stereocenters. The minimum atomic E-state index is -0.0389. The Labute approximate surface area is 112 Å². The molecule has 0 atom stereocenters. The van der Waals surface area contributed by atoms with Crippen LogP contribution in [0.5, 0.6) is 0 Å². The standard InChI is InChI=1S/C15H17N3O/c1-10-8-9-11(2)18(10)17-12(3)14-6-5-7-15(16-14)13(4)19/h5-9H,1-4H3/b17-12+. The summed E-state index contributed by atoms with van der Waals surface area (Å²) in [4.78, 5) is 15.7. The van der Waals surface area contributed by atoms with Crippen LogP contribution in [-0.4, -0.2) is 21.2 Å². The molecule has 0 bridgehead atoms. The Hall–Kier alpha value is -2.23. The van der Waals surface area contributed by atoms with Gasteiger partial charge in [-0.05, 0) is 45.0 Å². The third-order valence-corrected chi connectivity index (χ3v) is 2.96. The lowest BCUT2D eigenvalue weighted by Gasteiger charge is -2.05. The normalized spacial score (nSPS) is 11.7. The van der Waals surface area contributed by atoms with Crippen molar-refractivity contribution in [3.8, 4) is 0 Å². The van der Waals surface area contributed by atoms with Crippen LogP contribution in [0.25, 0.3) is 0 Å². The van der Waals surface area contributed by atoms with E-state index < -0.39 is 0 Å². The number of carbonyl (C=O) groups excluding carboxylic acids is 1. The van der Waals surface area contributed by atoms with E-state index in [0.29, 0.717) is 5.69 Å². The van der Waals surface area contributed by atoms with Crippen LogP contribution in [0.1, 0.15) is 41.4 Å². The SMILES string of the molecule is CC(=O)c1cccc(/C(C)=N/n2c(C)ccc2C)n1. The zero-order chi connectivity index (χ0) is 14.0. The number of ketones is 1.